The summed E-state index contributed by atoms with van der Waals surface area (Å²) in [6.07, 6.45) is 0. The maximum Gasteiger partial charge on any atom is 0.268 e. The Kier molecular flexibility index (Phi) is 3.24. The van der Waals surface area contributed by atoms with Crippen molar-refractivity contribution >= 4 is 27.9 Å². The lowest BCUT2D eigenvalue weighted by molar-refractivity contribution is 0.313. The second-order valence-electron chi connectivity index (χ2n) is 5.16. The van der Waals surface area contributed by atoms with Crippen molar-refractivity contribution in [2.24, 2.45) is 0 Å². The van der Waals surface area contributed by atoms with E-state index in [-0.39, 0.29) is 11.1 Å². The smallest absolute Gasteiger partial charge is 0.268 e. The minimum atomic E-state index is -0.285. The first-order valence-corrected chi connectivity index (χ1v) is 7.47. The Morgan fingerprint density at radius 1 is 1.35 bits per heavy atom. The maximum atomic E-state index is 12.1. The molecule has 0 spiro atoms. The van der Waals surface area contributed by atoms with Crippen LogP contribution in [0.5, 0.6) is 0 Å². The first kappa shape index (κ1) is 13.2. The fraction of sp³-hybridized carbons (Fsp3) is 0.429. The van der Waals surface area contributed by atoms with Gasteiger partial charge in [0.2, 0.25) is 0 Å². The Balaban J connectivity index is 2.24. The average molecular weight is 288 g/mol. The summed E-state index contributed by atoms with van der Waals surface area (Å²) in [5, 5.41) is 12.3. The third kappa shape index (κ3) is 1.99. The Morgan fingerprint density at radius 3 is 2.70 bits per heavy atom. The number of hydrogen-bond acceptors (Lipinski definition) is 5. The van der Waals surface area contributed by atoms with Crippen molar-refractivity contribution in [1.29, 1.82) is 5.26 Å². The highest BCUT2D eigenvalue weighted by Crippen LogP contribution is 2.34. The summed E-state index contributed by atoms with van der Waals surface area (Å²) in [5.41, 5.74) is 1.61. The number of rotatable bonds is 1. The van der Waals surface area contributed by atoms with Crippen molar-refractivity contribution in [3.63, 3.8) is 0 Å². The predicted octanol–water partition coefficient (Wildman–Crippen LogP) is 1.52. The Hall–Kier alpha value is -1.84. The van der Waals surface area contributed by atoms with E-state index in [2.05, 4.69) is 27.9 Å². The first-order valence-electron chi connectivity index (χ1n) is 6.59. The summed E-state index contributed by atoms with van der Waals surface area (Å²) in [6, 6.07) is 2.09. The van der Waals surface area contributed by atoms with Crippen molar-refractivity contribution in [1.82, 2.24) is 9.88 Å². The van der Waals surface area contributed by atoms with Crippen molar-refractivity contribution < 1.29 is 0 Å². The second kappa shape index (κ2) is 4.93. The maximum absolute atomic E-state index is 12.1. The molecule has 3 rings (SSSR count). The molecule has 0 amide bonds. The number of thiophene rings is 1. The van der Waals surface area contributed by atoms with Crippen LogP contribution in [0.4, 0.5) is 5.69 Å². The van der Waals surface area contributed by atoms with Crippen LogP contribution in [0.15, 0.2) is 10.2 Å². The highest BCUT2D eigenvalue weighted by atomic mass is 32.1. The van der Waals surface area contributed by atoms with E-state index < -0.39 is 0 Å². The minimum Gasteiger partial charge on any atom is -0.367 e. The van der Waals surface area contributed by atoms with Crippen LogP contribution < -0.4 is 10.5 Å². The molecule has 20 heavy (non-hydrogen) atoms. The van der Waals surface area contributed by atoms with Gasteiger partial charge in [0.05, 0.1) is 11.2 Å². The van der Waals surface area contributed by atoms with Crippen molar-refractivity contribution in [2.75, 3.05) is 38.1 Å². The first-order chi connectivity index (χ1) is 9.61. The van der Waals surface area contributed by atoms with Gasteiger partial charge in [-0.3, -0.25) is 4.79 Å². The normalized spacial score (nSPS) is 16.6. The zero-order valence-corrected chi connectivity index (χ0v) is 12.4. The Bertz CT molecular complexity index is 747. The molecule has 2 aromatic rings. The molecule has 0 atom stereocenters. The van der Waals surface area contributed by atoms with Crippen LogP contribution in [0.1, 0.15) is 10.4 Å². The van der Waals surface area contributed by atoms with E-state index in [4.69, 9.17) is 0 Å². The van der Waals surface area contributed by atoms with Gasteiger partial charge in [-0.25, -0.2) is 0 Å². The number of aromatic nitrogens is 1. The summed E-state index contributed by atoms with van der Waals surface area (Å²) in [7, 11) is 2.09. The quantitative estimate of drug-likeness (QED) is 0.864. The van der Waals surface area contributed by atoms with Gasteiger partial charge < -0.3 is 14.8 Å². The van der Waals surface area contributed by atoms with Gasteiger partial charge in [0, 0.05) is 41.8 Å². The molecule has 2 aromatic heterocycles. The van der Waals surface area contributed by atoms with Crippen molar-refractivity contribution in [3.8, 4) is 6.07 Å². The van der Waals surface area contributed by atoms with Crippen molar-refractivity contribution in [2.45, 2.75) is 6.92 Å². The third-order valence-electron chi connectivity index (χ3n) is 3.86. The van der Waals surface area contributed by atoms with Crippen LogP contribution in [-0.4, -0.2) is 43.1 Å². The van der Waals surface area contributed by atoms with Crippen LogP contribution in [0.25, 0.3) is 10.9 Å². The number of likely N-dealkylation sites (N-methyl/N-ethyl adjacent to an activating group) is 1. The fourth-order valence-corrected chi connectivity index (χ4v) is 3.50. The van der Waals surface area contributed by atoms with Gasteiger partial charge in [0.1, 0.15) is 11.6 Å². The molecule has 1 N–H and O–H groups in total. The predicted molar refractivity (Wildman–Crippen MR) is 81.6 cm³/mol. The van der Waals surface area contributed by atoms with E-state index in [1.165, 1.54) is 0 Å². The van der Waals surface area contributed by atoms with Gasteiger partial charge in [-0.2, -0.15) is 5.26 Å². The topological polar surface area (TPSA) is 63.1 Å². The van der Waals surface area contributed by atoms with Crippen LogP contribution in [0, 0.1) is 18.3 Å². The largest absolute Gasteiger partial charge is 0.367 e. The van der Waals surface area contributed by atoms with Gasteiger partial charge >= 0.3 is 0 Å². The van der Waals surface area contributed by atoms with Crippen LogP contribution in [0.3, 0.4) is 0 Å². The van der Waals surface area contributed by atoms with Crippen LogP contribution in [0.2, 0.25) is 0 Å². The molecule has 0 saturated carbocycles. The molecule has 0 unspecified atom stereocenters. The number of fused-ring (bicyclic) bond motifs is 1. The molecule has 104 valence electrons. The van der Waals surface area contributed by atoms with Crippen LogP contribution >= 0.6 is 11.3 Å². The molecule has 0 aromatic carbocycles. The number of H-pyrrole nitrogens is 1. The van der Waals surface area contributed by atoms with Gasteiger partial charge in [-0.1, -0.05) is 0 Å². The lowest BCUT2D eigenvalue weighted by Gasteiger charge is -2.34. The SMILES string of the molecule is Cc1scc2[nH]c(=O)c(C#N)c(N3CCN(C)CC3)c12. The van der Waals surface area contributed by atoms with E-state index >= 15 is 0 Å². The number of pyridine rings is 1. The highest BCUT2D eigenvalue weighted by Gasteiger charge is 2.23. The van der Waals surface area contributed by atoms with Crippen molar-refractivity contribution in [3.05, 3.63) is 26.2 Å². The third-order valence-corrected chi connectivity index (χ3v) is 4.77. The van der Waals surface area contributed by atoms with Crippen LogP contribution in [-0.2, 0) is 0 Å². The van der Waals surface area contributed by atoms with Gasteiger partial charge in [-0.15, -0.1) is 11.3 Å². The van der Waals surface area contributed by atoms with E-state index in [0.29, 0.717) is 0 Å². The number of aromatic amines is 1. The molecule has 0 aliphatic carbocycles. The molecule has 5 nitrogen and oxygen atoms in total. The van der Waals surface area contributed by atoms with Gasteiger partial charge in [0.15, 0.2) is 0 Å². The lowest BCUT2D eigenvalue weighted by atomic mass is 10.1. The molecule has 1 fully saturated rings. The molecular weight excluding hydrogens is 272 g/mol. The molecular formula is C14H16N4OS. The molecule has 0 bridgehead atoms. The monoisotopic (exact) mass is 288 g/mol. The van der Waals surface area contributed by atoms with E-state index in [1.54, 1.807) is 11.3 Å². The molecule has 1 aliphatic rings. The number of nitrogens with zero attached hydrogens (tertiary/aromatic N) is 3. The number of aryl methyl sites for hydroxylation is 1. The van der Waals surface area contributed by atoms with Gasteiger partial charge in [-0.05, 0) is 14.0 Å². The number of nitriles is 1. The molecule has 3 heterocycles. The zero-order valence-electron chi connectivity index (χ0n) is 11.6. The minimum absolute atomic E-state index is 0.239. The average Bonchev–Trinajstić information content (AvgIpc) is 2.79. The summed E-state index contributed by atoms with van der Waals surface area (Å²) in [4.78, 5) is 20.5. The Labute approximate surface area is 121 Å². The van der Waals surface area contributed by atoms with Gasteiger partial charge in [0.25, 0.3) is 5.56 Å². The van der Waals surface area contributed by atoms with E-state index in [9.17, 15) is 10.1 Å². The lowest BCUT2D eigenvalue weighted by Crippen LogP contribution is -2.45. The molecule has 1 saturated heterocycles. The number of anilines is 1. The molecule has 0 radical (unpaired) electrons. The summed E-state index contributed by atoms with van der Waals surface area (Å²) < 4.78 is 0. The second-order valence-corrected chi connectivity index (χ2v) is 6.24. The highest BCUT2D eigenvalue weighted by molar-refractivity contribution is 7.11. The Morgan fingerprint density at radius 2 is 2.05 bits per heavy atom. The molecule has 6 heteroatoms. The summed E-state index contributed by atoms with van der Waals surface area (Å²) in [5.74, 6) is 0. The fourth-order valence-electron chi connectivity index (χ4n) is 2.71. The number of nitrogens with one attached hydrogen (secondary N) is 1. The van der Waals surface area contributed by atoms with E-state index in [0.717, 1.165) is 47.6 Å². The van der Waals surface area contributed by atoms with E-state index in [1.807, 2.05) is 12.3 Å². The number of piperazine rings is 1. The molecule has 1 aliphatic heterocycles. The summed E-state index contributed by atoms with van der Waals surface area (Å²) in [6.45, 7) is 5.62. The zero-order chi connectivity index (χ0) is 14.3. The standard InChI is InChI=1S/C14H16N4OS/c1-9-12-11(8-20-9)16-14(19)10(7-15)13(12)18-5-3-17(2)4-6-18/h8H,3-6H2,1-2H3,(H,16,19). The summed E-state index contributed by atoms with van der Waals surface area (Å²) >= 11 is 1.61. The number of hydrogen-bond donors (Lipinski definition) is 1.